The average Bonchev–Trinajstić information content (AvgIpc) is 2.23. The van der Waals surface area contributed by atoms with Crippen LogP contribution in [0.5, 0.6) is 0 Å². The summed E-state index contributed by atoms with van der Waals surface area (Å²) in [6.45, 7) is 17.6. The molecule has 0 bridgehead atoms. The van der Waals surface area contributed by atoms with E-state index in [1.165, 1.54) is 0 Å². The number of amides is 1. The molecule has 118 valence electrons. The zero-order valence-electron chi connectivity index (χ0n) is 14.3. The van der Waals surface area contributed by atoms with Gasteiger partial charge in [-0.3, -0.25) is 4.90 Å². The van der Waals surface area contributed by atoms with Crippen molar-refractivity contribution in [2.45, 2.75) is 72.4 Å². The van der Waals surface area contributed by atoms with Crippen LogP contribution in [0, 0.1) is 5.41 Å². The molecule has 20 heavy (non-hydrogen) atoms. The van der Waals surface area contributed by atoms with E-state index in [-0.39, 0.29) is 17.0 Å². The van der Waals surface area contributed by atoms with E-state index in [4.69, 9.17) is 4.74 Å². The molecule has 0 spiro atoms. The van der Waals surface area contributed by atoms with Gasteiger partial charge in [0, 0.05) is 12.1 Å². The zero-order chi connectivity index (χ0) is 15.6. The highest BCUT2D eigenvalue weighted by atomic mass is 16.6. The highest BCUT2D eigenvalue weighted by Crippen LogP contribution is 2.33. The lowest BCUT2D eigenvalue weighted by Crippen LogP contribution is -2.51. The van der Waals surface area contributed by atoms with Gasteiger partial charge in [0.2, 0.25) is 0 Å². The molecule has 1 heterocycles. The van der Waals surface area contributed by atoms with Crippen LogP contribution in [-0.2, 0) is 4.74 Å². The van der Waals surface area contributed by atoms with Crippen molar-refractivity contribution in [2.75, 3.05) is 19.6 Å². The number of carbonyl (C=O) groups is 1. The van der Waals surface area contributed by atoms with E-state index in [1.807, 2.05) is 20.8 Å². The number of nitrogens with one attached hydrogen (secondary N) is 1. The van der Waals surface area contributed by atoms with Crippen LogP contribution < -0.4 is 5.32 Å². The molecule has 1 saturated heterocycles. The molecule has 4 heteroatoms. The number of rotatable bonds is 2. The molecule has 0 radical (unpaired) electrons. The van der Waals surface area contributed by atoms with Gasteiger partial charge in [0.1, 0.15) is 5.60 Å². The Balaban J connectivity index is 2.40. The van der Waals surface area contributed by atoms with E-state index >= 15 is 0 Å². The summed E-state index contributed by atoms with van der Waals surface area (Å²) in [6.07, 6.45) is 1.91. The lowest BCUT2D eigenvalue weighted by molar-refractivity contribution is 0.0360. The second-order valence-corrected chi connectivity index (χ2v) is 8.32. The number of hydrogen-bond acceptors (Lipinski definition) is 3. The minimum atomic E-state index is -0.430. The van der Waals surface area contributed by atoms with Crippen molar-refractivity contribution in [1.29, 1.82) is 0 Å². The molecule has 1 aliphatic rings. The van der Waals surface area contributed by atoms with Crippen molar-refractivity contribution < 1.29 is 9.53 Å². The second kappa shape index (κ2) is 5.92. The lowest BCUT2D eigenvalue weighted by Gasteiger charge is -2.45. The summed E-state index contributed by atoms with van der Waals surface area (Å²) >= 11 is 0. The van der Waals surface area contributed by atoms with E-state index in [0.29, 0.717) is 6.54 Å². The molecule has 0 aromatic carbocycles. The van der Waals surface area contributed by atoms with E-state index in [1.54, 1.807) is 0 Å². The lowest BCUT2D eigenvalue weighted by atomic mass is 9.79. The van der Waals surface area contributed by atoms with E-state index in [9.17, 15) is 4.79 Å². The molecule has 1 N–H and O–H groups in total. The Morgan fingerprint density at radius 3 is 2.05 bits per heavy atom. The third kappa shape index (κ3) is 5.70. The van der Waals surface area contributed by atoms with Gasteiger partial charge in [-0.15, -0.1) is 0 Å². The molecular weight excluding hydrogens is 252 g/mol. The summed E-state index contributed by atoms with van der Waals surface area (Å²) in [5.74, 6) is 0. The molecule has 0 aromatic heterocycles. The third-order valence-electron chi connectivity index (χ3n) is 3.98. The Morgan fingerprint density at radius 1 is 1.15 bits per heavy atom. The Morgan fingerprint density at radius 2 is 1.65 bits per heavy atom. The molecule has 0 atom stereocenters. The van der Waals surface area contributed by atoms with Crippen LogP contribution in [-0.4, -0.2) is 41.8 Å². The molecule has 1 aliphatic heterocycles. The Labute approximate surface area is 124 Å². The van der Waals surface area contributed by atoms with E-state index in [2.05, 4.69) is 37.9 Å². The van der Waals surface area contributed by atoms with Crippen molar-refractivity contribution >= 4 is 6.09 Å². The van der Waals surface area contributed by atoms with Crippen LogP contribution >= 0.6 is 0 Å². The topological polar surface area (TPSA) is 41.6 Å². The third-order valence-corrected chi connectivity index (χ3v) is 3.98. The average molecular weight is 284 g/mol. The SMILES string of the molecule is CC1(CNC(=O)OC(C)(C)C)CCN(C(C)(C)C)CC1. The summed E-state index contributed by atoms with van der Waals surface area (Å²) in [5, 5.41) is 2.92. The summed E-state index contributed by atoms with van der Waals surface area (Å²) in [6, 6.07) is 0. The molecule has 0 unspecified atom stereocenters. The van der Waals surface area contributed by atoms with Crippen LogP contribution in [0.1, 0.15) is 61.3 Å². The van der Waals surface area contributed by atoms with Crippen LogP contribution in [0.2, 0.25) is 0 Å². The summed E-state index contributed by atoms with van der Waals surface area (Å²) in [5.41, 5.74) is -0.0147. The Kier molecular flexibility index (Phi) is 5.12. The van der Waals surface area contributed by atoms with Gasteiger partial charge in [0.05, 0.1) is 0 Å². The maximum absolute atomic E-state index is 11.7. The van der Waals surface area contributed by atoms with Gasteiger partial charge in [0.25, 0.3) is 0 Å². The normalized spacial score (nSPS) is 20.6. The van der Waals surface area contributed by atoms with Crippen molar-refractivity contribution in [2.24, 2.45) is 5.41 Å². The fraction of sp³-hybridized carbons (Fsp3) is 0.938. The zero-order valence-corrected chi connectivity index (χ0v) is 14.3. The first-order valence-corrected chi connectivity index (χ1v) is 7.63. The number of nitrogens with zero attached hydrogens (tertiary/aromatic N) is 1. The van der Waals surface area contributed by atoms with Crippen molar-refractivity contribution in [3.05, 3.63) is 0 Å². The summed E-state index contributed by atoms with van der Waals surface area (Å²) in [4.78, 5) is 14.2. The largest absolute Gasteiger partial charge is 0.444 e. The fourth-order valence-electron chi connectivity index (χ4n) is 2.49. The molecule has 4 nitrogen and oxygen atoms in total. The molecule has 0 saturated carbocycles. The Hall–Kier alpha value is -0.770. The number of likely N-dealkylation sites (tertiary alicyclic amines) is 1. The monoisotopic (exact) mass is 284 g/mol. The smallest absolute Gasteiger partial charge is 0.407 e. The van der Waals surface area contributed by atoms with Crippen LogP contribution in [0.15, 0.2) is 0 Å². The quantitative estimate of drug-likeness (QED) is 0.845. The summed E-state index contributed by atoms with van der Waals surface area (Å²) in [7, 11) is 0. The number of alkyl carbamates (subject to hydrolysis) is 1. The molecule has 0 aromatic rings. The standard InChI is InChI=1S/C16H32N2O2/c1-14(2,3)18-10-8-16(7,9-11-18)12-17-13(19)20-15(4,5)6/h8-12H2,1-7H3,(H,17,19). The fourth-order valence-corrected chi connectivity index (χ4v) is 2.49. The second-order valence-electron chi connectivity index (χ2n) is 8.32. The van der Waals surface area contributed by atoms with Crippen LogP contribution in [0.3, 0.4) is 0 Å². The highest BCUT2D eigenvalue weighted by Gasteiger charge is 2.34. The minimum Gasteiger partial charge on any atom is -0.444 e. The number of hydrogen-bond donors (Lipinski definition) is 1. The predicted molar refractivity (Wildman–Crippen MR) is 82.9 cm³/mol. The van der Waals surface area contributed by atoms with E-state index in [0.717, 1.165) is 25.9 Å². The first-order valence-electron chi connectivity index (χ1n) is 7.63. The van der Waals surface area contributed by atoms with Crippen molar-refractivity contribution in [3.8, 4) is 0 Å². The minimum absolute atomic E-state index is 0.179. The van der Waals surface area contributed by atoms with Crippen molar-refractivity contribution in [1.82, 2.24) is 10.2 Å². The molecular formula is C16H32N2O2. The maximum Gasteiger partial charge on any atom is 0.407 e. The Bertz CT molecular complexity index is 331. The first kappa shape index (κ1) is 17.3. The number of carbonyl (C=O) groups excluding carboxylic acids is 1. The maximum atomic E-state index is 11.7. The van der Waals surface area contributed by atoms with Gasteiger partial charge in [-0.2, -0.15) is 0 Å². The first-order chi connectivity index (χ1) is 8.91. The van der Waals surface area contributed by atoms with Gasteiger partial charge >= 0.3 is 6.09 Å². The van der Waals surface area contributed by atoms with Gasteiger partial charge in [-0.1, -0.05) is 6.92 Å². The van der Waals surface area contributed by atoms with Crippen LogP contribution in [0.25, 0.3) is 0 Å². The number of piperidine rings is 1. The van der Waals surface area contributed by atoms with Crippen LogP contribution in [0.4, 0.5) is 4.79 Å². The van der Waals surface area contributed by atoms with Gasteiger partial charge < -0.3 is 10.1 Å². The molecule has 1 fully saturated rings. The molecule has 0 aliphatic carbocycles. The van der Waals surface area contributed by atoms with Gasteiger partial charge in [0.15, 0.2) is 0 Å². The predicted octanol–water partition coefficient (Wildman–Crippen LogP) is 3.41. The van der Waals surface area contributed by atoms with Gasteiger partial charge in [-0.25, -0.2) is 4.79 Å². The molecule has 1 rings (SSSR count). The van der Waals surface area contributed by atoms with Gasteiger partial charge in [-0.05, 0) is 72.9 Å². The number of ether oxygens (including phenoxy) is 1. The van der Waals surface area contributed by atoms with E-state index < -0.39 is 5.60 Å². The highest BCUT2D eigenvalue weighted by molar-refractivity contribution is 5.67. The molecule has 1 amide bonds. The summed E-state index contributed by atoms with van der Waals surface area (Å²) < 4.78 is 5.29. The van der Waals surface area contributed by atoms with Crippen molar-refractivity contribution in [3.63, 3.8) is 0 Å².